The van der Waals surface area contributed by atoms with Crippen LogP contribution in [0.5, 0.6) is 0 Å². The molecule has 0 radical (unpaired) electrons. The molecule has 0 spiro atoms. The van der Waals surface area contributed by atoms with Gasteiger partial charge in [-0.1, -0.05) is 28.1 Å². The van der Waals surface area contributed by atoms with E-state index in [1.165, 1.54) is 31.5 Å². The fraction of sp³-hybridized carbons (Fsp3) is 0.600. The van der Waals surface area contributed by atoms with Crippen molar-refractivity contribution in [3.63, 3.8) is 0 Å². The summed E-state index contributed by atoms with van der Waals surface area (Å²) in [4.78, 5) is 2.50. The van der Waals surface area contributed by atoms with Gasteiger partial charge in [-0.2, -0.15) is 0 Å². The Morgan fingerprint density at radius 2 is 1.78 bits per heavy atom. The minimum atomic E-state index is -0.0789. The van der Waals surface area contributed by atoms with Gasteiger partial charge in [0.05, 0.1) is 0 Å². The number of nitrogens with zero attached hydrogens (tertiary/aromatic N) is 1. The summed E-state index contributed by atoms with van der Waals surface area (Å²) in [5.41, 5.74) is 7.48. The first-order valence-electron chi connectivity index (χ1n) is 6.71. The third kappa shape index (κ3) is 4.08. The second-order valence-electron chi connectivity index (χ2n) is 6.09. The molecule has 0 aromatic heterocycles. The first kappa shape index (κ1) is 14.0. The summed E-state index contributed by atoms with van der Waals surface area (Å²) < 4.78 is 1.16. The lowest BCUT2D eigenvalue weighted by Crippen LogP contribution is -2.47. The third-order valence-electron chi connectivity index (χ3n) is 3.56. The summed E-state index contributed by atoms with van der Waals surface area (Å²) in [6, 6.07) is 8.78. The molecule has 0 amide bonds. The van der Waals surface area contributed by atoms with Crippen molar-refractivity contribution < 1.29 is 0 Å². The molecule has 2 rings (SSSR count). The van der Waals surface area contributed by atoms with Crippen LogP contribution in [0.1, 0.15) is 38.2 Å². The molecule has 0 saturated carbocycles. The molecule has 1 aliphatic heterocycles. The van der Waals surface area contributed by atoms with Gasteiger partial charge in [-0.15, -0.1) is 0 Å². The average Bonchev–Trinajstić information content (AvgIpc) is 2.29. The van der Waals surface area contributed by atoms with E-state index in [9.17, 15) is 0 Å². The smallest absolute Gasteiger partial charge is 0.0226 e. The Kier molecular flexibility index (Phi) is 4.46. The zero-order valence-electron chi connectivity index (χ0n) is 11.3. The number of nitrogens with two attached hydrogens (primary N) is 1. The van der Waals surface area contributed by atoms with Crippen LogP contribution < -0.4 is 5.73 Å². The fourth-order valence-corrected chi connectivity index (χ4v) is 3.00. The molecule has 1 aromatic rings. The monoisotopic (exact) mass is 310 g/mol. The summed E-state index contributed by atoms with van der Waals surface area (Å²) in [6.45, 7) is 7.55. The first-order valence-corrected chi connectivity index (χ1v) is 7.50. The number of piperidine rings is 1. The Morgan fingerprint density at radius 3 is 2.28 bits per heavy atom. The Morgan fingerprint density at radius 1 is 1.22 bits per heavy atom. The van der Waals surface area contributed by atoms with E-state index >= 15 is 0 Å². The molecule has 1 aliphatic rings. The Hall–Kier alpha value is -0.380. The number of halogens is 1. The van der Waals surface area contributed by atoms with Crippen LogP contribution in [0.15, 0.2) is 28.7 Å². The SMILES string of the molecule is CC(C)(N)CN1CCC(c2ccc(Br)cc2)CC1. The zero-order valence-corrected chi connectivity index (χ0v) is 12.9. The fourth-order valence-electron chi connectivity index (χ4n) is 2.74. The van der Waals surface area contributed by atoms with E-state index in [2.05, 4.69) is 58.9 Å². The van der Waals surface area contributed by atoms with Crippen LogP contribution in [-0.2, 0) is 0 Å². The average molecular weight is 311 g/mol. The molecule has 0 atom stereocenters. The van der Waals surface area contributed by atoms with Crippen molar-refractivity contribution in [1.29, 1.82) is 0 Å². The molecule has 0 unspecified atom stereocenters. The minimum absolute atomic E-state index is 0.0789. The molecule has 0 aliphatic carbocycles. The lowest BCUT2D eigenvalue weighted by molar-refractivity contribution is 0.179. The number of benzene rings is 1. The quantitative estimate of drug-likeness (QED) is 0.927. The largest absolute Gasteiger partial charge is 0.324 e. The first-order chi connectivity index (χ1) is 8.44. The maximum Gasteiger partial charge on any atom is 0.0226 e. The minimum Gasteiger partial charge on any atom is -0.324 e. The second kappa shape index (κ2) is 5.72. The van der Waals surface area contributed by atoms with Crippen molar-refractivity contribution in [2.75, 3.05) is 19.6 Å². The summed E-state index contributed by atoms with van der Waals surface area (Å²) in [5, 5.41) is 0. The highest BCUT2D eigenvalue weighted by molar-refractivity contribution is 9.10. The van der Waals surface area contributed by atoms with Crippen LogP contribution in [0.2, 0.25) is 0 Å². The van der Waals surface area contributed by atoms with Gasteiger partial charge in [-0.05, 0) is 63.4 Å². The maximum absolute atomic E-state index is 6.08. The number of hydrogen-bond acceptors (Lipinski definition) is 2. The van der Waals surface area contributed by atoms with Crippen LogP contribution in [-0.4, -0.2) is 30.1 Å². The van der Waals surface area contributed by atoms with Crippen molar-refractivity contribution in [3.8, 4) is 0 Å². The van der Waals surface area contributed by atoms with Crippen molar-refractivity contribution in [2.45, 2.75) is 38.1 Å². The van der Waals surface area contributed by atoms with Crippen molar-refractivity contribution >= 4 is 15.9 Å². The summed E-state index contributed by atoms with van der Waals surface area (Å²) in [6.07, 6.45) is 2.50. The van der Waals surface area contributed by atoms with E-state index in [0.717, 1.165) is 16.9 Å². The van der Waals surface area contributed by atoms with E-state index in [0.29, 0.717) is 0 Å². The van der Waals surface area contributed by atoms with E-state index < -0.39 is 0 Å². The lowest BCUT2D eigenvalue weighted by Gasteiger charge is -2.36. The molecule has 0 bridgehead atoms. The van der Waals surface area contributed by atoms with Crippen LogP contribution in [0, 0.1) is 0 Å². The van der Waals surface area contributed by atoms with Gasteiger partial charge in [0.1, 0.15) is 0 Å². The molecule has 18 heavy (non-hydrogen) atoms. The third-order valence-corrected chi connectivity index (χ3v) is 4.09. The van der Waals surface area contributed by atoms with Crippen molar-refractivity contribution in [3.05, 3.63) is 34.3 Å². The topological polar surface area (TPSA) is 29.3 Å². The van der Waals surface area contributed by atoms with Crippen molar-refractivity contribution in [1.82, 2.24) is 4.90 Å². The normalized spacial score (nSPS) is 19.1. The van der Waals surface area contributed by atoms with E-state index in [1.807, 2.05) is 0 Å². The Labute approximate surface area is 119 Å². The molecule has 3 heteroatoms. The summed E-state index contributed by atoms with van der Waals surface area (Å²) in [7, 11) is 0. The molecule has 1 fully saturated rings. The van der Waals surface area contributed by atoms with Gasteiger partial charge in [0.15, 0.2) is 0 Å². The second-order valence-corrected chi connectivity index (χ2v) is 7.01. The zero-order chi connectivity index (χ0) is 13.2. The summed E-state index contributed by atoms with van der Waals surface area (Å²) in [5.74, 6) is 0.718. The Bertz CT molecular complexity index is 372. The Balaban J connectivity index is 1.88. The summed E-state index contributed by atoms with van der Waals surface area (Å²) >= 11 is 3.49. The lowest BCUT2D eigenvalue weighted by atomic mass is 9.89. The highest BCUT2D eigenvalue weighted by Gasteiger charge is 2.23. The molecule has 1 saturated heterocycles. The maximum atomic E-state index is 6.08. The molecule has 2 nitrogen and oxygen atoms in total. The number of rotatable bonds is 3. The van der Waals surface area contributed by atoms with Gasteiger partial charge in [0, 0.05) is 16.6 Å². The highest BCUT2D eigenvalue weighted by Crippen LogP contribution is 2.29. The van der Waals surface area contributed by atoms with Gasteiger partial charge in [0.25, 0.3) is 0 Å². The number of likely N-dealkylation sites (tertiary alicyclic amines) is 1. The van der Waals surface area contributed by atoms with Crippen LogP contribution in [0.4, 0.5) is 0 Å². The van der Waals surface area contributed by atoms with E-state index in [-0.39, 0.29) is 5.54 Å². The number of hydrogen-bond donors (Lipinski definition) is 1. The molecular weight excluding hydrogens is 288 g/mol. The van der Waals surface area contributed by atoms with E-state index in [1.54, 1.807) is 0 Å². The highest BCUT2D eigenvalue weighted by atomic mass is 79.9. The predicted octanol–water partition coefficient (Wildman–Crippen LogP) is 3.37. The molecule has 100 valence electrons. The van der Waals surface area contributed by atoms with E-state index in [4.69, 9.17) is 5.73 Å². The standard InChI is InChI=1S/C15H23BrN2/c1-15(2,17)11-18-9-7-13(8-10-18)12-3-5-14(16)6-4-12/h3-6,13H,7-11,17H2,1-2H3. The van der Waals surface area contributed by atoms with Crippen LogP contribution in [0.3, 0.4) is 0 Å². The predicted molar refractivity (Wildman–Crippen MR) is 80.8 cm³/mol. The van der Waals surface area contributed by atoms with Crippen molar-refractivity contribution in [2.24, 2.45) is 5.73 Å². The molecule has 1 heterocycles. The van der Waals surface area contributed by atoms with Gasteiger partial charge in [-0.3, -0.25) is 0 Å². The van der Waals surface area contributed by atoms with Gasteiger partial charge < -0.3 is 10.6 Å². The van der Waals surface area contributed by atoms with Gasteiger partial charge in [0.2, 0.25) is 0 Å². The molecule has 2 N–H and O–H groups in total. The van der Waals surface area contributed by atoms with Gasteiger partial charge in [-0.25, -0.2) is 0 Å². The molecule has 1 aromatic carbocycles. The van der Waals surface area contributed by atoms with Crippen LogP contribution >= 0.6 is 15.9 Å². The molecular formula is C15H23BrN2. The van der Waals surface area contributed by atoms with Gasteiger partial charge >= 0.3 is 0 Å². The van der Waals surface area contributed by atoms with Crippen LogP contribution in [0.25, 0.3) is 0 Å².